The molecule has 0 amide bonds. The third-order valence-electron chi connectivity index (χ3n) is 6.62. The highest BCUT2D eigenvalue weighted by Gasteiger charge is 2.49. The van der Waals surface area contributed by atoms with Gasteiger partial charge in [0.25, 0.3) is 0 Å². The van der Waals surface area contributed by atoms with Crippen molar-refractivity contribution in [1.82, 2.24) is 9.80 Å². The van der Waals surface area contributed by atoms with E-state index in [2.05, 4.69) is 11.9 Å². The van der Waals surface area contributed by atoms with Crippen LogP contribution in [-0.2, 0) is 9.47 Å². The lowest BCUT2D eigenvalue weighted by Gasteiger charge is -2.51. The first-order valence-electron chi connectivity index (χ1n) is 9.69. The zero-order valence-corrected chi connectivity index (χ0v) is 16.7. The standard InChI is InChI=1S/C10H19F2NO.C9H17NO2/c1-3-10(7-14)6-13(2)5-4-8(10)9(11)12;1-10-4-3-8(11-2)9(5-10)6-12-7-9/h8-9,14H,3-7H2,1-2H3;8H,3-7H2,1-2H3/t8-,10+;8-/m10/s1. The number of aliphatic hydroxyl groups is 1. The molecule has 0 aliphatic carbocycles. The fourth-order valence-corrected chi connectivity index (χ4v) is 4.82. The number of ether oxygens (including phenoxy) is 2. The number of likely N-dealkylation sites (tertiary alicyclic amines) is 2. The summed E-state index contributed by atoms with van der Waals surface area (Å²) in [5.74, 6) is -0.645. The van der Waals surface area contributed by atoms with Crippen LogP contribution in [0.15, 0.2) is 0 Å². The lowest BCUT2D eigenvalue weighted by molar-refractivity contribution is -0.204. The normalized spacial score (nSPS) is 35.1. The van der Waals surface area contributed by atoms with E-state index >= 15 is 0 Å². The van der Waals surface area contributed by atoms with Crippen LogP contribution in [0.3, 0.4) is 0 Å². The summed E-state index contributed by atoms with van der Waals surface area (Å²) in [5, 5.41) is 9.32. The van der Waals surface area contributed by atoms with Crippen molar-refractivity contribution in [2.45, 2.75) is 38.7 Å². The third-order valence-corrected chi connectivity index (χ3v) is 6.62. The van der Waals surface area contributed by atoms with E-state index in [1.165, 1.54) is 0 Å². The van der Waals surface area contributed by atoms with Gasteiger partial charge < -0.3 is 24.4 Å². The minimum atomic E-state index is -2.31. The number of methoxy groups -OCH3 is 1. The van der Waals surface area contributed by atoms with Crippen LogP contribution in [-0.4, -0.2) is 94.6 Å². The molecule has 0 saturated carbocycles. The van der Waals surface area contributed by atoms with Crippen molar-refractivity contribution < 1.29 is 23.4 Å². The van der Waals surface area contributed by atoms with Crippen molar-refractivity contribution >= 4 is 0 Å². The van der Waals surface area contributed by atoms with Gasteiger partial charge in [0.2, 0.25) is 6.43 Å². The molecule has 3 rings (SSSR count). The SMILES string of the molecule is CC[C@@]1(CO)CN(C)CC[C@@H]1C(F)F.CO[C@H]1CCN(C)CC12COC2. The summed E-state index contributed by atoms with van der Waals surface area (Å²) in [6.07, 6.45) is 0.361. The Hall–Kier alpha value is -0.340. The van der Waals surface area contributed by atoms with Crippen molar-refractivity contribution in [3.8, 4) is 0 Å². The number of hydrogen-bond donors (Lipinski definition) is 1. The molecular weight excluding hydrogens is 342 g/mol. The van der Waals surface area contributed by atoms with Crippen molar-refractivity contribution in [3.63, 3.8) is 0 Å². The highest BCUT2D eigenvalue weighted by atomic mass is 19.3. The number of halogens is 2. The zero-order chi connectivity index (χ0) is 19.4. The predicted octanol–water partition coefficient (Wildman–Crippen LogP) is 1.95. The predicted molar refractivity (Wildman–Crippen MR) is 97.6 cm³/mol. The van der Waals surface area contributed by atoms with Crippen molar-refractivity contribution in [3.05, 3.63) is 0 Å². The molecule has 3 atom stereocenters. The van der Waals surface area contributed by atoms with E-state index in [9.17, 15) is 13.9 Å². The van der Waals surface area contributed by atoms with Crippen molar-refractivity contribution in [2.75, 3.05) is 67.2 Å². The Kier molecular flexibility index (Phi) is 7.80. The van der Waals surface area contributed by atoms with Gasteiger partial charge in [0.1, 0.15) is 0 Å². The fourth-order valence-electron chi connectivity index (χ4n) is 4.82. The summed E-state index contributed by atoms with van der Waals surface area (Å²) in [5.41, 5.74) is -0.275. The van der Waals surface area contributed by atoms with E-state index in [0.29, 0.717) is 37.5 Å². The Morgan fingerprint density at radius 1 is 1.15 bits per heavy atom. The summed E-state index contributed by atoms with van der Waals surface area (Å²) in [6, 6.07) is 0. The molecule has 5 nitrogen and oxygen atoms in total. The maximum Gasteiger partial charge on any atom is 0.242 e. The molecule has 3 aliphatic rings. The Morgan fingerprint density at radius 2 is 1.77 bits per heavy atom. The molecule has 0 bridgehead atoms. The van der Waals surface area contributed by atoms with Gasteiger partial charge in [-0.05, 0) is 39.9 Å². The van der Waals surface area contributed by atoms with Crippen LogP contribution >= 0.6 is 0 Å². The molecule has 3 saturated heterocycles. The number of piperidine rings is 2. The van der Waals surface area contributed by atoms with Gasteiger partial charge in [-0.2, -0.15) is 0 Å². The second-order valence-electron chi connectivity index (χ2n) is 8.45. The maximum atomic E-state index is 12.8. The molecule has 0 aromatic heterocycles. The number of alkyl halides is 2. The Morgan fingerprint density at radius 3 is 2.23 bits per heavy atom. The second-order valence-corrected chi connectivity index (χ2v) is 8.45. The highest BCUT2D eigenvalue weighted by molar-refractivity contribution is 4.98. The molecule has 3 heterocycles. The average Bonchev–Trinajstić information content (AvgIpc) is 2.60. The first-order valence-corrected chi connectivity index (χ1v) is 9.69. The quantitative estimate of drug-likeness (QED) is 0.810. The number of rotatable bonds is 4. The molecule has 7 heteroatoms. The number of hydrogen-bond acceptors (Lipinski definition) is 5. The van der Waals surface area contributed by atoms with Gasteiger partial charge in [-0.25, -0.2) is 8.78 Å². The van der Waals surface area contributed by atoms with Crippen LogP contribution in [0.2, 0.25) is 0 Å². The molecule has 0 aromatic rings. The van der Waals surface area contributed by atoms with Gasteiger partial charge >= 0.3 is 0 Å². The van der Waals surface area contributed by atoms with Gasteiger partial charge in [0, 0.05) is 38.1 Å². The first-order chi connectivity index (χ1) is 12.3. The first kappa shape index (κ1) is 22.0. The topological polar surface area (TPSA) is 45.2 Å². The van der Waals surface area contributed by atoms with E-state index in [0.717, 1.165) is 32.7 Å². The minimum absolute atomic E-state index is 0.136. The van der Waals surface area contributed by atoms with Gasteiger partial charge in [-0.1, -0.05) is 6.92 Å². The van der Waals surface area contributed by atoms with Crippen LogP contribution in [0, 0.1) is 16.7 Å². The molecule has 3 aliphatic heterocycles. The summed E-state index contributed by atoms with van der Waals surface area (Å²) in [4.78, 5) is 4.40. The van der Waals surface area contributed by atoms with Gasteiger partial charge in [-0.15, -0.1) is 0 Å². The molecule has 26 heavy (non-hydrogen) atoms. The molecule has 0 aromatic carbocycles. The molecular formula is C19H36F2N2O3. The van der Waals surface area contributed by atoms with Crippen LogP contribution in [0.4, 0.5) is 8.78 Å². The lowest BCUT2D eigenvalue weighted by Crippen LogP contribution is -2.61. The molecule has 0 unspecified atom stereocenters. The van der Waals surface area contributed by atoms with Crippen LogP contribution in [0.5, 0.6) is 0 Å². The molecule has 1 N–H and O–H groups in total. The van der Waals surface area contributed by atoms with Crippen LogP contribution in [0.1, 0.15) is 26.2 Å². The second kappa shape index (κ2) is 9.24. The molecule has 154 valence electrons. The van der Waals surface area contributed by atoms with Gasteiger partial charge in [-0.3, -0.25) is 0 Å². The maximum absolute atomic E-state index is 12.8. The summed E-state index contributed by atoms with van der Waals surface area (Å²) in [7, 11) is 5.91. The van der Waals surface area contributed by atoms with Crippen molar-refractivity contribution in [1.29, 1.82) is 0 Å². The monoisotopic (exact) mass is 378 g/mol. The third kappa shape index (κ3) is 4.55. The van der Waals surface area contributed by atoms with E-state index in [4.69, 9.17) is 9.47 Å². The Balaban J connectivity index is 0.000000189. The zero-order valence-electron chi connectivity index (χ0n) is 16.7. The highest BCUT2D eigenvalue weighted by Crippen LogP contribution is 2.41. The summed E-state index contributed by atoms with van der Waals surface area (Å²) in [6.45, 7) is 7.08. The van der Waals surface area contributed by atoms with Gasteiger partial charge in [0.15, 0.2) is 0 Å². The van der Waals surface area contributed by atoms with Crippen molar-refractivity contribution in [2.24, 2.45) is 16.7 Å². The van der Waals surface area contributed by atoms with E-state index in [1.807, 2.05) is 26.0 Å². The fraction of sp³-hybridized carbons (Fsp3) is 1.00. The molecule has 3 fully saturated rings. The smallest absolute Gasteiger partial charge is 0.242 e. The number of aliphatic hydroxyl groups excluding tert-OH is 1. The lowest BCUT2D eigenvalue weighted by atomic mass is 9.70. The minimum Gasteiger partial charge on any atom is -0.396 e. The Labute approximate surface area is 156 Å². The van der Waals surface area contributed by atoms with Crippen LogP contribution in [0.25, 0.3) is 0 Å². The largest absolute Gasteiger partial charge is 0.396 e. The van der Waals surface area contributed by atoms with Gasteiger partial charge in [0.05, 0.1) is 31.3 Å². The Bertz CT molecular complexity index is 431. The summed E-state index contributed by atoms with van der Waals surface area (Å²) >= 11 is 0. The average molecular weight is 379 g/mol. The summed E-state index contributed by atoms with van der Waals surface area (Å²) < 4.78 is 36.4. The van der Waals surface area contributed by atoms with Crippen LogP contribution < -0.4 is 0 Å². The molecule has 1 spiro atoms. The molecule has 0 radical (unpaired) electrons. The van der Waals surface area contributed by atoms with E-state index in [-0.39, 0.29) is 6.61 Å². The number of nitrogens with zero attached hydrogens (tertiary/aromatic N) is 2. The van der Waals surface area contributed by atoms with E-state index < -0.39 is 17.8 Å². The van der Waals surface area contributed by atoms with E-state index in [1.54, 1.807) is 0 Å².